The van der Waals surface area contributed by atoms with Crippen LogP contribution in [0.25, 0.3) is 0 Å². The van der Waals surface area contributed by atoms with Crippen LogP contribution in [0, 0.1) is 5.41 Å². The van der Waals surface area contributed by atoms with Crippen LogP contribution in [0.2, 0.25) is 0 Å². The third kappa shape index (κ3) is 3.16. The molecule has 0 saturated carbocycles. The SMILES string of the molecule is CC(c1ccc(C(C)(C)C)cc1)N1CCC2(CCOC2=O)CC1. The number of ether oxygens (including phenoxy) is 1. The van der Waals surface area contributed by atoms with Gasteiger partial charge < -0.3 is 4.74 Å². The maximum absolute atomic E-state index is 12.0. The molecule has 126 valence electrons. The first-order valence-corrected chi connectivity index (χ1v) is 8.84. The Balaban J connectivity index is 1.65. The quantitative estimate of drug-likeness (QED) is 0.770. The van der Waals surface area contributed by atoms with Crippen molar-refractivity contribution in [3.8, 4) is 0 Å². The van der Waals surface area contributed by atoms with Gasteiger partial charge in [0.2, 0.25) is 0 Å². The fourth-order valence-corrected chi connectivity index (χ4v) is 3.86. The molecule has 3 rings (SSSR count). The number of piperidine rings is 1. The maximum atomic E-state index is 12.0. The van der Waals surface area contributed by atoms with E-state index in [-0.39, 0.29) is 16.8 Å². The zero-order valence-corrected chi connectivity index (χ0v) is 14.9. The molecule has 1 spiro atoms. The van der Waals surface area contributed by atoms with Gasteiger partial charge in [0.15, 0.2) is 0 Å². The van der Waals surface area contributed by atoms with E-state index in [0.29, 0.717) is 12.6 Å². The summed E-state index contributed by atoms with van der Waals surface area (Å²) in [5.41, 5.74) is 2.76. The Hall–Kier alpha value is -1.35. The van der Waals surface area contributed by atoms with Gasteiger partial charge in [-0.2, -0.15) is 0 Å². The number of benzene rings is 1. The Morgan fingerprint density at radius 2 is 1.70 bits per heavy atom. The van der Waals surface area contributed by atoms with Crippen molar-refractivity contribution in [3.63, 3.8) is 0 Å². The van der Waals surface area contributed by atoms with Crippen LogP contribution >= 0.6 is 0 Å². The first kappa shape index (κ1) is 16.5. The number of carbonyl (C=O) groups is 1. The lowest BCUT2D eigenvalue weighted by Crippen LogP contribution is -2.43. The van der Waals surface area contributed by atoms with E-state index < -0.39 is 0 Å². The van der Waals surface area contributed by atoms with Crippen molar-refractivity contribution in [1.29, 1.82) is 0 Å². The average Bonchev–Trinajstić information content (AvgIpc) is 2.87. The molecule has 1 unspecified atom stereocenters. The van der Waals surface area contributed by atoms with Crippen LogP contribution in [0.5, 0.6) is 0 Å². The molecule has 2 fully saturated rings. The van der Waals surface area contributed by atoms with E-state index in [1.54, 1.807) is 0 Å². The van der Waals surface area contributed by atoms with Gasteiger partial charge in [0.05, 0.1) is 12.0 Å². The van der Waals surface area contributed by atoms with Crippen molar-refractivity contribution in [1.82, 2.24) is 4.90 Å². The zero-order chi connectivity index (χ0) is 16.7. The van der Waals surface area contributed by atoms with E-state index in [1.165, 1.54) is 11.1 Å². The number of cyclic esters (lactones) is 1. The molecule has 1 aromatic rings. The van der Waals surface area contributed by atoms with Gasteiger partial charge in [0.25, 0.3) is 0 Å². The van der Waals surface area contributed by atoms with Crippen LogP contribution in [-0.4, -0.2) is 30.6 Å². The Morgan fingerprint density at radius 3 is 2.17 bits per heavy atom. The minimum Gasteiger partial charge on any atom is -0.465 e. The summed E-state index contributed by atoms with van der Waals surface area (Å²) in [6, 6.07) is 9.44. The van der Waals surface area contributed by atoms with Crippen molar-refractivity contribution in [2.75, 3.05) is 19.7 Å². The van der Waals surface area contributed by atoms with Gasteiger partial charge in [0, 0.05) is 6.04 Å². The van der Waals surface area contributed by atoms with Crippen molar-refractivity contribution in [3.05, 3.63) is 35.4 Å². The molecule has 2 aliphatic heterocycles. The second kappa shape index (κ2) is 5.94. The average molecular weight is 315 g/mol. The molecule has 3 heteroatoms. The third-order valence-electron chi connectivity index (χ3n) is 5.81. The van der Waals surface area contributed by atoms with Crippen molar-refractivity contribution >= 4 is 5.97 Å². The van der Waals surface area contributed by atoms with Crippen molar-refractivity contribution in [2.24, 2.45) is 5.41 Å². The van der Waals surface area contributed by atoms with Crippen LogP contribution in [0.3, 0.4) is 0 Å². The molecule has 2 aliphatic rings. The Labute approximate surface area is 140 Å². The summed E-state index contributed by atoms with van der Waals surface area (Å²) in [4.78, 5) is 14.5. The Morgan fingerprint density at radius 1 is 1.09 bits per heavy atom. The Bertz CT molecular complexity index is 562. The van der Waals surface area contributed by atoms with Crippen LogP contribution in [0.1, 0.15) is 64.1 Å². The molecule has 0 aromatic heterocycles. The van der Waals surface area contributed by atoms with E-state index in [2.05, 4.69) is 56.9 Å². The first-order chi connectivity index (χ1) is 10.8. The molecule has 3 nitrogen and oxygen atoms in total. The minimum absolute atomic E-state index is 0.0410. The van der Waals surface area contributed by atoms with Crippen molar-refractivity contribution in [2.45, 2.75) is 58.4 Å². The van der Waals surface area contributed by atoms with Crippen LogP contribution < -0.4 is 0 Å². The van der Waals surface area contributed by atoms with Crippen LogP contribution in [0.15, 0.2) is 24.3 Å². The largest absolute Gasteiger partial charge is 0.465 e. The number of esters is 1. The molecule has 0 aliphatic carbocycles. The standard InChI is InChI=1S/C20H29NO2/c1-15(16-5-7-17(8-6-16)19(2,3)4)21-12-9-20(10-13-21)11-14-23-18(20)22/h5-8,15H,9-14H2,1-4H3. The highest BCUT2D eigenvalue weighted by Gasteiger charge is 2.46. The number of rotatable bonds is 2. The van der Waals surface area contributed by atoms with E-state index in [4.69, 9.17) is 4.74 Å². The molecule has 2 heterocycles. The third-order valence-corrected chi connectivity index (χ3v) is 5.81. The van der Waals surface area contributed by atoms with E-state index in [0.717, 1.165) is 32.4 Å². The summed E-state index contributed by atoms with van der Waals surface area (Å²) in [5.74, 6) is 0.0410. The van der Waals surface area contributed by atoms with E-state index >= 15 is 0 Å². The molecule has 1 aromatic carbocycles. The van der Waals surface area contributed by atoms with Gasteiger partial charge in [-0.3, -0.25) is 9.69 Å². The first-order valence-electron chi connectivity index (χ1n) is 8.84. The van der Waals surface area contributed by atoms with Gasteiger partial charge in [-0.15, -0.1) is 0 Å². The highest BCUT2D eigenvalue weighted by molar-refractivity contribution is 5.78. The fraction of sp³-hybridized carbons (Fsp3) is 0.650. The molecule has 0 amide bonds. The number of carbonyl (C=O) groups excluding carboxylic acids is 1. The molecule has 2 saturated heterocycles. The number of hydrogen-bond donors (Lipinski definition) is 0. The summed E-state index contributed by atoms with van der Waals surface area (Å²) in [6.07, 6.45) is 2.79. The highest BCUT2D eigenvalue weighted by Crippen LogP contribution is 2.42. The van der Waals surface area contributed by atoms with Crippen LogP contribution in [0.4, 0.5) is 0 Å². The van der Waals surface area contributed by atoms with Gasteiger partial charge in [0.1, 0.15) is 0 Å². The summed E-state index contributed by atoms with van der Waals surface area (Å²) in [7, 11) is 0. The number of hydrogen-bond acceptors (Lipinski definition) is 3. The fourth-order valence-electron chi connectivity index (χ4n) is 3.86. The molecule has 0 N–H and O–H groups in total. The predicted molar refractivity (Wildman–Crippen MR) is 92.4 cm³/mol. The molecule has 0 bridgehead atoms. The molecule has 23 heavy (non-hydrogen) atoms. The lowest BCUT2D eigenvalue weighted by atomic mass is 9.77. The van der Waals surface area contributed by atoms with Crippen molar-refractivity contribution < 1.29 is 9.53 Å². The summed E-state index contributed by atoms with van der Waals surface area (Å²) in [6.45, 7) is 11.6. The maximum Gasteiger partial charge on any atom is 0.312 e. The zero-order valence-electron chi connectivity index (χ0n) is 14.9. The molecular formula is C20H29NO2. The normalized spacial score (nSPS) is 23.0. The van der Waals surface area contributed by atoms with Gasteiger partial charge in [-0.1, -0.05) is 45.0 Å². The minimum atomic E-state index is -0.174. The topological polar surface area (TPSA) is 29.5 Å². The monoisotopic (exact) mass is 315 g/mol. The predicted octanol–water partition coefficient (Wildman–Crippen LogP) is 4.07. The van der Waals surface area contributed by atoms with Gasteiger partial charge in [-0.25, -0.2) is 0 Å². The Kier molecular flexibility index (Phi) is 4.26. The van der Waals surface area contributed by atoms with Crippen LogP contribution in [-0.2, 0) is 14.9 Å². The summed E-state index contributed by atoms with van der Waals surface area (Å²) < 4.78 is 5.21. The second-order valence-electron chi connectivity index (χ2n) is 8.25. The van der Waals surface area contributed by atoms with E-state index in [9.17, 15) is 4.79 Å². The van der Waals surface area contributed by atoms with Gasteiger partial charge >= 0.3 is 5.97 Å². The summed E-state index contributed by atoms with van der Waals surface area (Å²) in [5, 5.41) is 0. The summed E-state index contributed by atoms with van der Waals surface area (Å²) >= 11 is 0. The second-order valence-corrected chi connectivity index (χ2v) is 8.25. The smallest absolute Gasteiger partial charge is 0.312 e. The van der Waals surface area contributed by atoms with E-state index in [1.807, 2.05) is 0 Å². The lowest BCUT2D eigenvalue weighted by molar-refractivity contribution is -0.148. The molecule has 0 radical (unpaired) electrons. The molecular weight excluding hydrogens is 286 g/mol. The number of likely N-dealkylation sites (tertiary alicyclic amines) is 1. The lowest BCUT2D eigenvalue weighted by Gasteiger charge is -2.39. The molecule has 1 atom stereocenters. The number of nitrogens with zero attached hydrogens (tertiary/aromatic N) is 1. The highest BCUT2D eigenvalue weighted by atomic mass is 16.5. The van der Waals surface area contributed by atoms with Gasteiger partial charge in [-0.05, 0) is 55.8 Å².